The largest absolute Gasteiger partial charge is 0.462 e. The van der Waals surface area contributed by atoms with E-state index >= 15 is 0 Å². The number of rotatable bonds is 49. The normalized spacial score (nSPS) is 12.7. The summed E-state index contributed by atoms with van der Waals surface area (Å²) in [6, 6.07) is 0. The molecule has 6 nitrogen and oxygen atoms in total. The number of hydrogen-bond acceptors (Lipinski definition) is 6. The highest BCUT2D eigenvalue weighted by molar-refractivity contribution is 5.71. The molecule has 0 rings (SSSR count). The lowest BCUT2D eigenvalue weighted by Crippen LogP contribution is -2.30. The highest BCUT2D eigenvalue weighted by atomic mass is 16.6. The molecule has 0 saturated carbocycles. The summed E-state index contributed by atoms with van der Waals surface area (Å²) in [6.45, 7) is 6.53. The molecule has 0 aliphatic carbocycles. The van der Waals surface area contributed by atoms with E-state index < -0.39 is 6.10 Å². The Bertz CT molecular complexity index is 1290. The predicted molar refractivity (Wildman–Crippen MR) is 284 cm³/mol. The van der Waals surface area contributed by atoms with Crippen LogP contribution in [-0.2, 0) is 28.6 Å². The minimum absolute atomic E-state index is 0.104. The molecule has 0 fully saturated rings. The zero-order valence-corrected chi connectivity index (χ0v) is 43.2. The summed E-state index contributed by atoms with van der Waals surface area (Å²) in [5, 5.41) is 0. The molecule has 0 aromatic rings. The van der Waals surface area contributed by atoms with E-state index in [1.807, 2.05) is 0 Å². The fourth-order valence-corrected chi connectivity index (χ4v) is 7.44. The maximum Gasteiger partial charge on any atom is 0.306 e. The van der Waals surface area contributed by atoms with Crippen LogP contribution in [-0.4, -0.2) is 37.2 Å². The minimum atomic E-state index is -0.812. The Morgan fingerprint density at radius 1 is 0.303 bits per heavy atom. The average molecular weight is 919 g/mol. The van der Waals surface area contributed by atoms with Gasteiger partial charge in [-0.25, -0.2) is 0 Å². The summed E-state index contributed by atoms with van der Waals surface area (Å²) in [5.74, 6) is -0.987. The van der Waals surface area contributed by atoms with Gasteiger partial charge in [0.25, 0.3) is 0 Å². The Morgan fingerprint density at radius 2 is 0.561 bits per heavy atom. The van der Waals surface area contributed by atoms with E-state index in [4.69, 9.17) is 14.2 Å². The molecule has 378 valence electrons. The highest BCUT2D eigenvalue weighted by Crippen LogP contribution is 2.14. The van der Waals surface area contributed by atoms with Crippen molar-refractivity contribution in [1.82, 2.24) is 0 Å². The fourth-order valence-electron chi connectivity index (χ4n) is 7.44. The van der Waals surface area contributed by atoms with Crippen LogP contribution in [0.4, 0.5) is 0 Å². The molecule has 0 N–H and O–H groups in total. The quantitative estimate of drug-likeness (QED) is 0.0262. The van der Waals surface area contributed by atoms with E-state index in [1.165, 1.54) is 128 Å². The number of ether oxygens (including phenoxy) is 3. The molecule has 0 aliphatic heterocycles. The van der Waals surface area contributed by atoms with Crippen molar-refractivity contribution in [3.05, 3.63) is 85.1 Å². The van der Waals surface area contributed by atoms with Crippen molar-refractivity contribution in [3.8, 4) is 0 Å². The molecule has 0 spiro atoms. The van der Waals surface area contributed by atoms with Gasteiger partial charge in [0.15, 0.2) is 6.10 Å². The average Bonchev–Trinajstić information content (AvgIpc) is 3.31. The molecule has 0 aliphatic rings. The second-order valence-electron chi connectivity index (χ2n) is 18.1. The Hall–Kier alpha value is -3.41. The van der Waals surface area contributed by atoms with Crippen molar-refractivity contribution < 1.29 is 28.6 Å². The highest BCUT2D eigenvalue weighted by Gasteiger charge is 2.19. The van der Waals surface area contributed by atoms with Gasteiger partial charge in [0.05, 0.1) is 0 Å². The van der Waals surface area contributed by atoms with Crippen LogP contribution in [0.5, 0.6) is 0 Å². The van der Waals surface area contributed by atoms with Crippen molar-refractivity contribution in [3.63, 3.8) is 0 Å². The zero-order valence-electron chi connectivity index (χ0n) is 43.2. The first-order valence-corrected chi connectivity index (χ1v) is 27.6. The molecule has 0 amide bonds. The Balaban J connectivity index is 4.51. The predicted octanol–water partition coefficient (Wildman–Crippen LogP) is 18.4. The molecule has 0 bridgehead atoms. The van der Waals surface area contributed by atoms with Gasteiger partial charge in [-0.1, -0.05) is 228 Å². The molecule has 0 unspecified atom stereocenters. The lowest BCUT2D eigenvalue weighted by molar-refractivity contribution is -0.167. The van der Waals surface area contributed by atoms with Crippen molar-refractivity contribution in [2.24, 2.45) is 0 Å². The van der Waals surface area contributed by atoms with Crippen LogP contribution in [0.25, 0.3) is 0 Å². The Morgan fingerprint density at radius 3 is 0.955 bits per heavy atom. The first kappa shape index (κ1) is 62.6. The van der Waals surface area contributed by atoms with Gasteiger partial charge in [-0.15, -0.1) is 0 Å². The first-order chi connectivity index (χ1) is 32.5. The van der Waals surface area contributed by atoms with Gasteiger partial charge in [0.2, 0.25) is 0 Å². The summed E-state index contributed by atoms with van der Waals surface area (Å²) in [6.07, 6.45) is 70.0. The molecule has 66 heavy (non-hydrogen) atoms. The number of carbonyl (C=O) groups is 3. The second-order valence-corrected chi connectivity index (χ2v) is 18.1. The van der Waals surface area contributed by atoms with Gasteiger partial charge in [-0.05, 0) is 96.3 Å². The number of allylic oxidation sites excluding steroid dienone is 14. The molecule has 1 atom stereocenters. The van der Waals surface area contributed by atoms with Gasteiger partial charge in [0, 0.05) is 19.3 Å². The topological polar surface area (TPSA) is 78.9 Å². The third-order valence-electron chi connectivity index (χ3n) is 11.6. The van der Waals surface area contributed by atoms with Crippen LogP contribution in [0.1, 0.15) is 258 Å². The first-order valence-electron chi connectivity index (χ1n) is 27.6. The second kappa shape index (κ2) is 54.2. The van der Waals surface area contributed by atoms with Crippen molar-refractivity contribution in [2.75, 3.05) is 13.2 Å². The lowest BCUT2D eigenvalue weighted by Gasteiger charge is -2.18. The molecule has 0 saturated heterocycles. The molecular weight excluding hydrogens is 817 g/mol. The molecular formula is C60H102O6. The van der Waals surface area contributed by atoms with E-state index in [1.54, 1.807) is 0 Å². The van der Waals surface area contributed by atoms with Crippen LogP contribution in [0, 0.1) is 0 Å². The van der Waals surface area contributed by atoms with E-state index in [2.05, 4.69) is 106 Å². The van der Waals surface area contributed by atoms with Crippen LogP contribution >= 0.6 is 0 Å². The maximum atomic E-state index is 12.8. The summed E-state index contributed by atoms with van der Waals surface area (Å²) in [7, 11) is 0. The van der Waals surface area contributed by atoms with Crippen LogP contribution in [0.2, 0.25) is 0 Å². The molecule has 0 aromatic heterocycles. The molecule has 0 aromatic carbocycles. The SMILES string of the molecule is CCCCC/C=C\C/C=C\C/C=C\C/C=C\CCCCCC(=O)O[C@H](COC(=O)CCC/C=C\C/C=C\C/C=C\CCCCCCCC)COC(=O)CCCCCCCCCCCCCC. The van der Waals surface area contributed by atoms with Gasteiger partial charge in [-0.2, -0.15) is 0 Å². The standard InChI is InChI=1S/C60H102O6/c1-4-7-10-13-16-19-22-25-27-29-30-32-34-36-39-42-45-48-51-54-60(63)66-57(55-64-58(61)52-49-46-43-40-37-24-21-18-15-12-9-6-3)56-65-59(62)53-50-47-44-41-38-35-33-31-28-26-23-20-17-14-11-8-5-2/h16,19,25-28,30,32-33,35-36,39,41,44,57H,4-15,17-18,20-24,29,31,34,37-38,40,42-43,45-56H2,1-3H3/b19-16-,27-25-,28-26-,32-30-,35-33-,39-36-,44-41-/t57-/m0/s1. The third kappa shape index (κ3) is 51.6. The molecule has 0 radical (unpaired) electrons. The van der Waals surface area contributed by atoms with Crippen LogP contribution in [0.15, 0.2) is 85.1 Å². The van der Waals surface area contributed by atoms with Gasteiger partial charge >= 0.3 is 17.9 Å². The van der Waals surface area contributed by atoms with E-state index in [-0.39, 0.29) is 44.0 Å². The number of carbonyl (C=O) groups excluding carboxylic acids is 3. The van der Waals surface area contributed by atoms with E-state index in [0.29, 0.717) is 12.8 Å². The third-order valence-corrected chi connectivity index (χ3v) is 11.6. The van der Waals surface area contributed by atoms with Crippen molar-refractivity contribution in [2.45, 2.75) is 264 Å². The molecule has 6 heteroatoms. The number of unbranched alkanes of at least 4 members (excludes halogenated alkanes) is 24. The van der Waals surface area contributed by atoms with Crippen LogP contribution < -0.4 is 0 Å². The summed E-state index contributed by atoms with van der Waals surface area (Å²) in [4.78, 5) is 38.0. The monoisotopic (exact) mass is 919 g/mol. The number of hydrogen-bond donors (Lipinski definition) is 0. The number of esters is 3. The van der Waals surface area contributed by atoms with Gasteiger partial charge in [0.1, 0.15) is 13.2 Å². The minimum Gasteiger partial charge on any atom is -0.462 e. The summed E-state index contributed by atoms with van der Waals surface area (Å²) in [5.41, 5.74) is 0. The maximum absolute atomic E-state index is 12.8. The van der Waals surface area contributed by atoms with Crippen molar-refractivity contribution in [1.29, 1.82) is 0 Å². The Labute approximate surface area is 407 Å². The van der Waals surface area contributed by atoms with Crippen LogP contribution in [0.3, 0.4) is 0 Å². The Kier molecular flexibility index (Phi) is 51.4. The van der Waals surface area contributed by atoms with Gasteiger partial charge in [-0.3, -0.25) is 14.4 Å². The summed E-state index contributed by atoms with van der Waals surface area (Å²) < 4.78 is 16.8. The fraction of sp³-hybridized carbons (Fsp3) is 0.717. The zero-order chi connectivity index (χ0) is 47.9. The summed E-state index contributed by atoms with van der Waals surface area (Å²) >= 11 is 0. The lowest BCUT2D eigenvalue weighted by atomic mass is 10.0. The smallest absolute Gasteiger partial charge is 0.306 e. The van der Waals surface area contributed by atoms with E-state index in [0.717, 1.165) is 83.5 Å². The van der Waals surface area contributed by atoms with Crippen molar-refractivity contribution >= 4 is 17.9 Å². The van der Waals surface area contributed by atoms with Gasteiger partial charge < -0.3 is 14.2 Å². The molecule has 0 heterocycles. The van der Waals surface area contributed by atoms with E-state index in [9.17, 15) is 14.4 Å².